The molecule has 0 N–H and O–H groups in total. The zero-order valence-corrected chi connectivity index (χ0v) is 14.6. The summed E-state index contributed by atoms with van der Waals surface area (Å²) in [5.74, 6) is 1.76. The van der Waals surface area contributed by atoms with Gasteiger partial charge in [0.05, 0.1) is 23.7 Å². The largest absolute Gasteiger partial charge is 0.493 e. The maximum atomic E-state index is 11.9. The molecule has 0 bridgehead atoms. The van der Waals surface area contributed by atoms with E-state index in [1.165, 1.54) is 0 Å². The zero-order chi connectivity index (χ0) is 16.9. The SMILES string of the molecule is CC(=O)C(C)n1c(SCCOc2ccccc2)nc2ccccc21. The molecule has 5 heteroatoms. The van der Waals surface area contributed by atoms with Gasteiger partial charge in [0.2, 0.25) is 0 Å². The lowest BCUT2D eigenvalue weighted by atomic mass is 10.2. The fourth-order valence-electron chi connectivity index (χ4n) is 2.49. The van der Waals surface area contributed by atoms with Crippen molar-refractivity contribution >= 4 is 28.6 Å². The lowest BCUT2D eigenvalue weighted by Gasteiger charge is -2.14. The number of nitrogens with zero attached hydrogens (tertiary/aromatic N) is 2. The number of fused-ring (bicyclic) bond motifs is 1. The number of aromatic nitrogens is 2. The highest BCUT2D eigenvalue weighted by Crippen LogP contribution is 2.28. The van der Waals surface area contributed by atoms with Crippen LogP contribution in [0.1, 0.15) is 19.9 Å². The van der Waals surface area contributed by atoms with Crippen LogP contribution < -0.4 is 4.74 Å². The molecule has 0 fully saturated rings. The van der Waals surface area contributed by atoms with E-state index in [0.717, 1.165) is 27.7 Å². The smallest absolute Gasteiger partial charge is 0.169 e. The first kappa shape index (κ1) is 16.6. The summed E-state index contributed by atoms with van der Waals surface area (Å²) < 4.78 is 7.74. The topological polar surface area (TPSA) is 44.1 Å². The second-order valence-electron chi connectivity index (χ2n) is 5.55. The Bertz CT molecular complexity index is 830. The summed E-state index contributed by atoms with van der Waals surface area (Å²) in [6, 6.07) is 17.5. The van der Waals surface area contributed by atoms with E-state index in [0.29, 0.717) is 6.61 Å². The molecule has 24 heavy (non-hydrogen) atoms. The van der Waals surface area contributed by atoms with Crippen LogP contribution in [0, 0.1) is 0 Å². The van der Waals surface area contributed by atoms with Crippen LogP contribution in [0.2, 0.25) is 0 Å². The van der Waals surface area contributed by atoms with Crippen molar-refractivity contribution in [1.82, 2.24) is 9.55 Å². The Kier molecular flexibility index (Phi) is 5.20. The van der Waals surface area contributed by atoms with Crippen molar-refractivity contribution in [3.63, 3.8) is 0 Å². The summed E-state index contributed by atoms with van der Waals surface area (Å²) in [4.78, 5) is 16.5. The van der Waals surface area contributed by atoms with Gasteiger partial charge in [-0.2, -0.15) is 0 Å². The average molecular weight is 340 g/mol. The number of imidazole rings is 1. The first-order valence-electron chi connectivity index (χ1n) is 7.95. The van der Waals surface area contributed by atoms with Crippen molar-refractivity contribution in [2.75, 3.05) is 12.4 Å². The summed E-state index contributed by atoms with van der Waals surface area (Å²) in [6.07, 6.45) is 0. The molecule has 1 aromatic heterocycles. The number of carbonyl (C=O) groups excluding carboxylic acids is 1. The minimum Gasteiger partial charge on any atom is -0.493 e. The Morgan fingerprint density at radius 2 is 1.88 bits per heavy atom. The number of ketones is 1. The molecule has 0 radical (unpaired) electrons. The summed E-state index contributed by atoms with van der Waals surface area (Å²) in [5, 5.41) is 0.857. The van der Waals surface area contributed by atoms with Gasteiger partial charge in [0.15, 0.2) is 10.9 Å². The van der Waals surface area contributed by atoms with Crippen LogP contribution in [-0.4, -0.2) is 27.7 Å². The van der Waals surface area contributed by atoms with Gasteiger partial charge >= 0.3 is 0 Å². The Hall–Kier alpha value is -2.27. The highest BCUT2D eigenvalue weighted by Gasteiger charge is 2.18. The van der Waals surface area contributed by atoms with E-state index in [9.17, 15) is 4.79 Å². The van der Waals surface area contributed by atoms with Gasteiger partial charge < -0.3 is 9.30 Å². The highest BCUT2D eigenvalue weighted by molar-refractivity contribution is 7.99. The third-order valence-corrected chi connectivity index (χ3v) is 4.78. The number of hydrogen-bond donors (Lipinski definition) is 0. The molecule has 0 spiro atoms. The van der Waals surface area contributed by atoms with Gasteiger partial charge in [-0.3, -0.25) is 4.79 Å². The van der Waals surface area contributed by atoms with Crippen LogP contribution in [0.25, 0.3) is 11.0 Å². The van der Waals surface area contributed by atoms with Gasteiger partial charge in [0, 0.05) is 5.75 Å². The Morgan fingerprint density at radius 1 is 1.17 bits per heavy atom. The molecule has 0 aliphatic heterocycles. The van der Waals surface area contributed by atoms with E-state index in [1.807, 2.05) is 66.1 Å². The molecule has 0 saturated carbocycles. The number of benzene rings is 2. The third-order valence-electron chi connectivity index (χ3n) is 3.87. The normalized spacial score (nSPS) is 12.2. The monoisotopic (exact) mass is 340 g/mol. The van der Waals surface area contributed by atoms with Crippen LogP contribution in [0.4, 0.5) is 0 Å². The summed E-state index contributed by atoms with van der Waals surface area (Å²) in [5.41, 5.74) is 1.91. The third kappa shape index (κ3) is 3.62. The summed E-state index contributed by atoms with van der Waals surface area (Å²) in [6.45, 7) is 4.12. The molecule has 1 unspecified atom stereocenters. The van der Waals surface area contributed by atoms with Crippen LogP contribution in [0.3, 0.4) is 0 Å². The van der Waals surface area contributed by atoms with Gasteiger partial charge in [-0.15, -0.1) is 0 Å². The van der Waals surface area contributed by atoms with Crippen LogP contribution in [0.5, 0.6) is 5.75 Å². The molecule has 0 amide bonds. The van der Waals surface area contributed by atoms with Crippen molar-refractivity contribution in [3.05, 3.63) is 54.6 Å². The van der Waals surface area contributed by atoms with Crippen LogP contribution in [-0.2, 0) is 4.79 Å². The van der Waals surface area contributed by atoms with Crippen LogP contribution in [0.15, 0.2) is 59.8 Å². The van der Waals surface area contributed by atoms with Crippen LogP contribution >= 0.6 is 11.8 Å². The standard InChI is InChI=1S/C19H20N2O2S/c1-14(15(2)22)21-18-11-7-6-10-17(18)20-19(21)24-13-12-23-16-8-4-3-5-9-16/h3-11,14H,12-13H2,1-2H3. The number of Topliss-reactive ketones (excluding diaryl/α,β-unsaturated/α-hetero) is 1. The molecule has 3 aromatic rings. The number of hydrogen-bond acceptors (Lipinski definition) is 4. The first-order chi connectivity index (χ1) is 11.7. The number of para-hydroxylation sites is 3. The van der Waals surface area contributed by atoms with E-state index >= 15 is 0 Å². The van der Waals surface area contributed by atoms with Crippen molar-refractivity contribution < 1.29 is 9.53 Å². The van der Waals surface area contributed by atoms with E-state index in [2.05, 4.69) is 4.98 Å². The molecular weight excluding hydrogens is 320 g/mol. The molecule has 3 rings (SSSR count). The lowest BCUT2D eigenvalue weighted by Crippen LogP contribution is -2.14. The molecule has 2 aromatic carbocycles. The minimum absolute atomic E-state index is 0.125. The van der Waals surface area contributed by atoms with Crippen molar-refractivity contribution in [2.24, 2.45) is 0 Å². The maximum absolute atomic E-state index is 11.9. The van der Waals surface area contributed by atoms with Gasteiger partial charge in [-0.05, 0) is 38.1 Å². The fourth-order valence-corrected chi connectivity index (χ4v) is 3.40. The molecular formula is C19H20N2O2S. The minimum atomic E-state index is -0.227. The molecule has 4 nitrogen and oxygen atoms in total. The first-order valence-corrected chi connectivity index (χ1v) is 8.93. The molecule has 0 saturated heterocycles. The second kappa shape index (κ2) is 7.53. The van der Waals surface area contributed by atoms with Crippen molar-refractivity contribution in [2.45, 2.75) is 25.0 Å². The van der Waals surface area contributed by atoms with E-state index < -0.39 is 0 Å². The Morgan fingerprint density at radius 3 is 2.62 bits per heavy atom. The average Bonchev–Trinajstić information content (AvgIpc) is 2.97. The highest BCUT2D eigenvalue weighted by atomic mass is 32.2. The number of rotatable bonds is 7. The van der Waals surface area contributed by atoms with E-state index in [1.54, 1.807) is 18.7 Å². The molecule has 0 aliphatic rings. The molecule has 124 valence electrons. The van der Waals surface area contributed by atoms with Gasteiger partial charge in [0.25, 0.3) is 0 Å². The number of carbonyl (C=O) groups is 1. The van der Waals surface area contributed by atoms with Gasteiger partial charge in [0.1, 0.15) is 5.75 Å². The van der Waals surface area contributed by atoms with Crippen molar-refractivity contribution in [1.29, 1.82) is 0 Å². The predicted octanol–water partition coefficient (Wildman–Crippen LogP) is 4.36. The Balaban J connectivity index is 1.74. The Labute approximate surface area is 145 Å². The fraction of sp³-hybridized carbons (Fsp3) is 0.263. The van der Waals surface area contributed by atoms with Gasteiger partial charge in [-0.1, -0.05) is 42.1 Å². The molecule has 1 atom stereocenters. The molecule has 0 aliphatic carbocycles. The zero-order valence-electron chi connectivity index (χ0n) is 13.8. The van der Waals surface area contributed by atoms with Gasteiger partial charge in [-0.25, -0.2) is 4.98 Å². The van der Waals surface area contributed by atoms with Crippen molar-refractivity contribution in [3.8, 4) is 5.75 Å². The van der Waals surface area contributed by atoms with E-state index in [-0.39, 0.29) is 11.8 Å². The van der Waals surface area contributed by atoms with E-state index in [4.69, 9.17) is 4.74 Å². The predicted molar refractivity (Wildman–Crippen MR) is 97.8 cm³/mol. The lowest BCUT2D eigenvalue weighted by molar-refractivity contribution is -0.119. The number of ether oxygens (including phenoxy) is 1. The summed E-state index contributed by atoms with van der Waals surface area (Å²) in [7, 11) is 0. The molecule has 1 heterocycles. The quantitative estimate of drug-likeness (QED) is 0.473. The number of thioether (sulfide) groups is 1. The maximum Gasteiger partial charge on any atom is 0.169 e. The second-order valence-corrected chi connectivity index (χ2v) is 6.61. The summed E-state index contributed by atoms with van der Waals surface area (Å²) >= 11 is 1.61.